The lowest BCUT2D eigenvalue weighted by Crippen LogP contribution is -2.58. The Morgan fingerprint density at radius 1 is 0.457 bits per heavy atom. The van der Waals surface area contributed by atoms with Gasteiger partial charge in [-0.3, -0.25) is 14.4 Å². The summed E-state index contributed by atoms with van der Waals surface area (Å²) in [5, 5.41) is 29.5. The molecule has 3 atom stereocenters. The number of hydrogen-bond donors (Lipinski definition) is 3. The summed E-state index contributed by atoms with van der Waals surface area (Å²) in [5.74, 6) is -4.53. The van der Waals surface area contributed by atoms with Gasteiger partial charge in [-0.2, -0.15) is 0 Å². The van der Waals surface area contributed by atoms with Crippen LogP contribution in [-0.2, 0) is 14.4 Å². The predicted octanol–water partition coefficient (Wildman–Crippen LogP) is 10.5. The molecular weight excluding hydrogens is 578 g/mol. The summed E-state index contributed by atoms with van der Waals surface area (Å²) in [7, 11) is 0. The fourth-order valence-corrected chi connectivity index (χ4v) is 6.80. The summed E-state index contributed by atoms with van der Waals surface area (Å²) in [6.45, 7) is 9.25. The van der Waals surface area contributed by atoms with E-state index in [0.29, 0.717) is 25.8 Å². The highest BCUT2D eigenvalue weighted by Crippen LogP contribution is 2.25. The Morgan fingerprint density at radius 3 is 1.02 bits per heavy atom. The van der Waals surface area contributed by atoms with Gasteiger partial charge in [0.1, 0.15) is 17.8 Å². The van der Waals surface area contributed by atoms with Crippen LogP contribution in [0.1, 0.15) is 175 Å². The number of carbonyl (C=O) groups is 3. The third-order valence-electron chi connectivity index (χ3n) is 9.99. The number of nitrogens with zero attached hydrogens (tertiary/aromatic N) is 1. The second-order valence-corrected chi connectivity index (χ2v) is 14.0. The Hall–Kier alpha value is -1.89. The quantitative estimate of drug-likeness (QED) is 0.0362. The number of aliphatic carboxylic acids is 3. The van der Waals surface area contributed by atoms with Crippen LogP contribution >= 0.6 is 0 Å². The molecule has 0 radical (unpaired) electrons. The molecular formula is C39H74NO6+. The van der Waals surface area contributed by atoms with Crippen LogP contribution in [0.5, 0.6) is 0 Å². The van der Waals surface area contributed by atoms with E-state index in [0.717, 1.165) is 38.5 Å². The van der Waals surface area contributed by atoms with Crippen LogP contribution in [0.3, 0.4) is 0 Å². The second kappa shape index (κ2) is 29.3. The van der Waals surface area contributed by atoms with Crippen LogP contribution < -0.4 is 0 Å². The highest BCUT2D eigenvalue weighted by Gasteiger charge is 2.40. The molecule has 7 nitrogen and oxygen atoms in total. The second-order valence-electron chi connectivity index (χ2n) is 14.0. The van der Waals surface area contributed by atoms with Crippen molar-refractivity contribution < 1.29 is 34.2 Å². The van der Waals surface area contributed by atoms with E-state index < -0.39 is 35.7 Å². The first-order valence-corrected chi connectivity index (χ1v) is 19.3. The molecule has 0 spiro atoms. The van der Waals surface area contributed by atoms with E-state index in [1.807, 2.05) is 20.8 Å². The van der Waals surface area contributed by atoms with Crippen molar-refractivity contribution in [1.29, 1.82) is 0 Å². The Kier molecular flexibility index (Phi) is 28.1. The van der Waals surface area contributed by atoms with E-state index >= 15 is 0 Å². The first-order chi connectivity index (χ1) is 22.2. The molecule has 0 fully saturated rings. The van der Waals surface area contributed by atoms with Crippen LogP contribution in [0.15, 0.2) is 12.2 Å². The zero-order chi connectivity index (χ0) is 34.5. The maximum Gasteiger partial charge on any atom is 0.312 e. The van der Waals surface area contributed by atoms with E-state index in [-0.39, 0.29) is 24.1 Å². The van der Waals surface area contributed by atoms with Gasteiger partial charge in [0.05, 0.1) is 26.2 Å². The zero-order valence-corrected chi connectivity index (χ0v) is 30.5. The molecule has 0 heterocycles. The first-order valence-electron chi connectivity index (χ1n) is 19.3. The third kappa shape index (κ3) is 22.6. The summed E-state index contributed by atoms with van der Waals surface area (Å²) >= 11 is 0. The molecule has 0 aliphatic rings. The third-order valence-corrected chi connectivity index (χ3v) is 9.99. The van der Waals surface area contributed by atoms with Crippen molar-refractivity contribution in [1.82, 2.24) is 0 Å². The van der Waals surface area contributed by atoms with Crippen molar-refractivity contribution >= 4 is 17.9 Å². The van der Waals surface area contributed by atoms with E-state index in [2.05, 4.69) is 19.1 Å². The normalized spacial score (nSPS) is 15.0. The molecule has 3 unspecified atom stereocenters. The van der Waals surface area contributed by atoms with Gasteiger partial charge in [0.15, 0.2) is 0 Å². The fourth-order valence-electron chi connectivity index (χ4n) is 6.80. The summed E-state index contributed by atoms with van der Waals surface area (Å²) in [6, 6.07) is 0. The highest BCUT2D eigenvalue weighted by atomic mass is 16.4. The molecule has 7 heteroatoms. The summed E-state index contributed by atoms with van der Waals surface area (Å²) < 4.78 is 0.252. The SMILES string of the molecule is CCCCCCCCCCCCCCC/C=C/CCCCCCC[N+](CC(CC)C(=O)O)(CC(CC)C(=O)O)CC(CC)C(=O)O. The molecule has 0 aromatic rings. The van der Waals surface area contributed by atoms with Gasteiger partial charge in [-0.25, -0.2) is 0 Å². The van der Waals surface area contributed by atoms with E-state index in [1.165, 1.54) is 89.9 Å². The fraction of sp³-hybridized carbons (Fsp3) is 0.872. The maximum absolute atomic E-state index is 12.0. The molecule has 0 aromatic heterocycles. The Labute approximate surface area is 283 Å². The van der Waals surface area contributed by atoms with Gasteiger partial charge in [0.2, 0.25) is 0 Å². The molecule has 0 amide bonds. The van der Waals surface area contributed by atoms with Crippen molar-refractivity contribution in [3.8, 4) is 0 Å². The van der Waals surface area contributed by atoms with Crippen LogP contribution in [0.4, 0.5) is 0 Å². The molecule has 0 saturated carbocycles. The minimum atomic E-state index is -0.890. The Bertz CT molecular complexity index is 738. The number of unbranched alkanes of at least 4 members (excludes halogenated alkanes) is 18. The minimum Gasteiger partial charge on any atom is -0.481 e. The molecule has 0 rings (SSSR count). The van der Waals surface area contributed by atoms with E-state index in [1.54, 1.807) is 0 Å². The topological polar surface area (TPSA) is 112 Å². The summed E-state index contributed by atoms with van der Waals surface area (Å²) in [6.07, 6.45) is 31.5. The number of carboxylic acids is 3. The van der Waals surface area contributed by atoms with Gasteiger partial charge < -0.3 is 19.8 Å². The molecule has 270 valence electrons. The van der Waals surface area contributed by atoms with Gasteiger partial charge in [0, 0.05) is 0 Å². The molecule has 0 aromatic carbocycles. The van der Waals surface area contributed by atoms with Crippen LogP contribution in [0.2, 0.25) is 0 Å². The molecule has 0 saturated heterocycles. The van der Waals surface area contributed by atoms with Crippen molar-refractivity contribution in [2.24, 2.45) is 17.8 Å². The summed E-state index contributed by atoms with van der Waals surface area (Å²) in [4.78, 5) is 36.0. The van der Waals surface area contributed by atoms with Gasteiger partial charge in [-0.15, -0.1) is 0 Å². The number of hydrogen-bond acceptors (Lipinski definition) is 3. The number of quaternary nitrogens is 1. The first kappa shape index (κ1) is 44.1. The lowest BCUT2D eigenvalue weighted by Gasteiger charge is -2.43. The minimum absolute atomic E-state index is 0.252. The smallest absolute Gasteiger partial charge is 0.312 e. The van der Waals surface area contributed by atoms with Crippen LogP contribution in [0.25, 0.3) is 0 Å². The molecule has 3 N–H and O–H groups in total. The number of carboxylic acid groups (broad SMARTS) is 3. The Balaban J connectivity index is 4.47. The summed E-state index contributed by atoms with van der Waals surface area (Å²) in [5.41, 5.74) is 0. The standard InChI is InChI=1S/C39H73NO6/c1-5-9-10-11-12-13-14-15-16-17-18-19-20-21-22-23-24-25-26-27-28-29-30-40(31-34(6-2)37(41)42,32-35(7-3)38(43)44)33-36(8-4)39(45)46/h22-23,34-36H,5-21,24-33H2,1-4H3,(H2-,41,42,43,44,45,46)/p+1/b23-22+. The van der Waals surface area contributed by atoms with Gasteiger partial charge in [-0.05, 0) is 57.8 Å². The lowest BCUT2D eigenvalue weighted by molar-refractivity contribution is -0.935. The molecule has 0 aliphatic carbocycles. The van der Waals surface area contributed by atoms with Gasteiger partial charge in [0.25, 0.3) is 0 Å². The van der Waals surface area contributed by atoms with Gasteiger partial charge in [-0.1, -0.05) is 130 Å². The van der Waals surface area contributed by atoms with E-state index in [9.17, 15) is 29.7 Å². The molecule has 0 bridgehead atoms. The molecule has 46 heavy (non-hydrogen) atoms. The van der Waals surface area contributed by atoms with Crippen molar-refractivity contribution in [2.75, 3.05) is 26.2 Å². The average Bonchev–Trinajstić information content (AvgIpc) is 3.03. The average molecular weight is 653 g/mol. The largest absolute Gasteiger partial charge is 0.481 e. The molecule has 0 aliphatic heterocycles. The highest BCUT2D eigenvalue weighted by molar-refractivity contribution is 5.71. The van der Waals surface area contributed by atoms with E-state index in [4.69, 9.17) is 0 Å². The van der Waals surface area contributed by atoms with Crippen molar-refractivity contribution in [3.05, 3.63) is 12.2 Å². The lowest BCUT2D eigenvalue weighted by atomic mass is 9.95. The van der Waals surface area contributed by atoms with Crippen molar-refractivity contribution in [2.45, 2.75) is 175 Å². The monoisotopic (exact) mass is 653 g/mol. The predicted molar refractivity (Wildman–Crippen MR) is 191 cm³/mol. The van der Waals surface area contributed by atoms with Gasteiger partial charge >= 0.3 is 17.9 Å². The van der Waals surface area contributed by atoms with Crippen LogP contribution in [-0.4, -0.2) is 63.9 Å². The Morgan fingerprint density at radius 2 is 0.739 bits per heavy atom. The van der Waals surface area contributed by atoms with Crippen LogP contribution in [0, 0.1) is 17.8 Å². The number of allylic oxidation sites excluding steroid dienone is 2. The number of rotatable bonds is 34. The van der Waals surface area contributed by atoms with Crippen molar-refractivity contribution in [3.63, 3.8) is 0 Å². The maximum atomic E-state index is 12.0. The zero-order valence-electron chi connectivity index (χ0n) is 30.5.